The zero-order chi connectivity index (χ0) is 27.0. The van der Waals surface area contributed by atoms with E-state index in [0.717, 1.165) is 22.3 Å². The van der Waals surface area contributed by atoms with Gasteiger partial charge >= 0.3 is 5.97 Å². The Kier molecular flexibility index (Phi) is 7.33. The van der Waals surface area contributed by atoms with Crippen LogP contribution >= 0.6 is 11.6 Å². The number of amides is 1. The molecule has 0 bridgehead atoms. The molecule has 0 radical (unpaired) electrons. The molecule has 0 aromatic heterocycles. The van der Waals surface area contributed by atoms with E-state index in [1.165, 1.54) is 17.0 Å². The molecule has 0 fully saturated rings. The molecule has 7 heteroatoms. The molecule has 4 rings (SSSR count). The molecule has 3 aromatic carbocycles. The molecule has 1 atom stereocenters. The van der Waals surface area contributed by atoms with E-state index in [0.29, 0.717) is 24.2 Å². The first kappa shape index (κ1) is 26.7. The first-order valence-electron chi connectivity index (χ1n) is 12.2. The fourth-order valence-corrected chi connectivity index (χ4v) is 4.83. The number of hydrogen-bond donors (Lipinski definition) is 1. The van der Waals surface area contributed by atoms with Crippen LogP contribution in [0.2, 0.25) is 5.02 Å². The van der Waals surface area contributed by atoms with Gasteiger partial charge in [0.1, 0.15) is 23.7 Å². The zero-order valence-corrected chi connectivity index (χ0v) is 22.2. The molecule has 1 heterocycles. The molecule has 0 aliphatic carbocycles. The van der Waals surface area contributed by atoms with Crippen molar-refractivity contribution in [1.82, 2.24) is 4.90 Å². The van der Waals surface area contributed by atoms with E-state index in [9.17, 15) is 19.1 Å². The van der Waals surface area contributed by atoms with Crippen molar-refractivity contribution in [2.75, 3.05) is 6.54 Å². The molecule has 1 unspecified atom stereocenters. The summed E-state index contributed by atoms with van der Waals surface area (Å²) in [6.45, 7) is 8.09. The third-order valence-electron chi connectivity index (χ3n) is 6.60. The lowest BCUT2D eigenvalue weighted by molar-refractivity contribution is -0.137. The number of aliphatic carboxylic acids is 1. The van der Waals surface area contributed by atoms with E-state index >= 15 is 0 Å². The van der Waals surface area contributed by atoms with Crippen LogP contribution in [-0.4, -0.2) is 34.0 Å². The van der Waals surface area contributed by atoms with E-state index in [1.807, 2.05) is 31.2 Å². The minimum absolute atomic E-state index is 0.00217. The summed E-state index contributed by atoms with van der Waals surface area (Å²) in [7, 11) is 0. The molecule has 0 saturated carbocycles. The van der Waals surface area contributed by atoms with E-state index < -0.39 is 23.9 Å². The van der Waals surface area contributed by atoms with Crippen LogP contribution in [0.25, 0.3) is 0 Å². The summed E-state index contributed by atoms with van der Waals surface area (Å²) in [6.07, 6.45) is 0.996. The molecule has 194 valence electrons. The molecule has 3 aromatic rings. The van der Waals surface area contributed by atoms with Crippen molar-refractivity contribution in [1.29, 1.82) is 0 Å². The van der Waals surface area contributed by atoms with Crippen molar-refractivity contribution in [2.24, 2.45) is 0 Å². The van der Waals surface area contributed by atoms with Crippen LogP contribution in [0.5, 0.6) is 5.75 Å². The SMILES string of the molecule is CC1(Cc2ccc(Cl)c(F)c2)Cc2cc(C(=O)N(CC(=O)O)Cc3ccc(C(C)(C)C)cc3)ccc2O1. The average Bonchev–Trinajstić information content (AvgIpc) is 3.15. The van der Waals surface area contributed by atoms with Crippen LogP contribution in [-0.2, 0) is 29.6 Å². The number of nitrogens with zero attached hydrogens (tertiary/aromatic N) is 1. The van der Waals surface area contributed by atoms with Crippen molar-refractivity contribution in [3.05, 3.63) is 99.3 Å². The molecule has 5 nitrogen and oxygen atoms in total. The quantitative estimate of drug-likeness (QED) is 0.387. The number of carbonyl (C=O) groups is 2. The zero-order valence-electron chi connectivity index (χ0n) is 21.5. The number of halogens is 2. The van der Waals surface area contributed by atoms with Gasteiger partial charge in [0.25, 0.3) is 5.91 Å². The van der Waals surface area contributed by atoms with Gasteiger partial charge in [-0.2, -0.15) is 0 Å². The number of benzene rings is 3. The molecular formula is C30H31ClFNO4. The topological polar surface area (TPSA) is 66.8 Å². The van der Waals surface area contributed by atoms with E-state index in [2.05, 4.69) is 20.8 Å². The van der Waals surface area contributed by atoms with Gasteiger partial charge in [-0.15, -0.1) is 0 Å². The average molecular weight is 524 g/mol. The van der Waals surface area contributed by atoms with Gasteiger partial charge in [-0.1, -0.05) is 62.7 Å². The molecule has 1 aliphatic rings. The lowest BCUT2D eigenvalue weighted by Crippen LogP contribution is -2.35. The van der Waals surface area contributed by atoms with E-state index in [4.69, 9.17) is 16.3 Å². The molecule has 1 aliphatic heterocycles. The van der Waals surface area contributed by atoms with Crippen LogP contribution < -0.4 is 4.74 Å². The van der Waals surface area contributed by atoms with Gasteiger partial charge in [-0.25, -0.2) is 4.39 Å². The van der Waals surface area contributed by atoms with Crippen LogP contribution in [0.4, 0.5) is 4.39 Å². The molecule has 1 N–H and O–H groups in total. The van der Waals surface area contributed by atoms with E-state index in [1.54, 1.807) is 24.3 Å². The highest BCUT2D eigenvalue weighted by Crippen LogP contribution is 2.38. The summed E-state index contributed by atoms with van der Waals surface area (Å²) in [4.78, 5) is 26.3. The summed E-state index contributed by atoms with van der Waals surface area (Å²) in [5, 5.41) is 9.53. The predicted octanol–water partition coefficient (Wildman–Crippen LogP) is 6.44. The third-order valence-corrected chi connectivity index (χ3v) is 6.90. The Bertz CT molecular complexity index is 1330. The Morgan fingerprint density at radius 3 is 2.35 bits per heavy atom. The molecule has 37 heavy (non-hydrogen) atoms. The largest absolute Gasteiger partial charge is 0.487 e. The highest BCUT2D eigenvalue weighted by molar-refractivity contribution is 6.30. The highest BCUT2D eigenvalue weighted by Gasteiger charge is 2.36. The Morgan fingerprint density at radius 2 is 1.73 bits per heavy atom. The van der Waals surface area contributed by atoms with Gasteiger partial charge in [0.2, 0.25) is 0 Å². The summed E-state index contributed by atoms with van der Waals surface area (Å²) in [5.74, 6) is -1.25. The van der Waals surface area contributed by atoms with Crippen molar-refractivity contribution in [2.45, 2.75) is 58.1 Å². The number of hydrogen-bond acceptors (Lipinski definition) is 3. The van der Waals surface area contributed by atoms with Crippen molar-refractivity contribution in [3.8, 4) is 5.75 Å². The summed E-state index contributed by atoms with van der Waals surface area (Å²) >= 11 is 5.81. The summed E-state index contributed by atoms with van der Waals surface area (Å²) in [6, 6.07) is 17.8. The maximum absolute atomic E-state index is 13.9. The third kappa shape index (κ3) is 6.31. The smallest absolute Gasteiger partial charge is 0.323 e. The maximum atomic E-state index is 13.9. The number of ether oxygens (including phenoxy) is 1. The highest BCUT2D eigenvalue weighted by atomic mass is 35.5. The first-order chi connectivity index (χ1) is 17.3. The minimum atomic E-state index is -1.08. The minimum Gasteiger partial charge on any atom is -0.487 e. The van der Waals surface area contributed by atoms with Gasteiger partial charge in [-0.3, -0.25) is 9.59 Å². The Hall–Kier alpha value is -3.38. The second-order valence-corrected chi connectivity index (χ2v) is 11.4. The normalized spacial score (nSPS) is 16.7. The molecule has 0 spiro atoms. The maximum Gasteiger partial charge on any atom is 0.323 e. The van der Waals surface area contributed by atoms with Crippen molar-refractivity contribution >= 4 is 23.5 Å². The second-order valence-electron chi connectivity index (χ2n) is 11.0. The van der Waals surface area contributed by atoms with Gasteiger partial charge in [-0.05, 0) is 64.9 Å². The Labute approximate surface area is 221 Å². The van der Waals surface area contributed by atoms with Crippen molar-refractivity contribution < 1.29 is 23.8 Å². The van der Waals surface area contributed by atoms with Crippen molar-refractivity contribution in [3.63, 3.8) is 0 Å². The second kappa shape index (κ2) is 10.2. The van der Waals surface area contributed by atoms with Crippen LogP contribution in [0.3, 0.4) is 0 Å². The van der Waals surface area contributed by atoms with Crippen LogP contribution in [0.15, 0.2) is 60.7 Å². The summed E-state index contributed by atoms with van der Waals surface area (Å²) in [5.41, 5.74) is 3.42. The number of carboxylic acid groups (broad SMARTS) is 1. The Morgan fingerprint density at radius 1 is 1.05 bits per heavy atom. The number of carbonyl (C=O) groups excluding carboxylic acids is 1. The first-order valence-corrected chi connectivity index (χ1v) is 12.6. The lowest BCUT2D eigenvalue weighted by Gasteiger charge is -2.24. The number of fused-ring (bicyclic) bond motifs is 1. The van der Waals surface area contributed by atoms with Gasteiger partial charge < -0.3 is 14.7 Å². The van der Waals surface area contributed by atoms with Crippen LogP contribution in [0, 0.1) is 5.82 Å². The molecular weight excluding hydrogens is 493 g/mol. The summed E-state index contributed by atoms with van der Waals surface area (Å²) < 4.78 is 20.1. The van der Waals surface area contributed by atoms with Gasteiger partial charge in [0.15, 0.2) is 0 Å². The molecule has 1 amide bonds. The number of rotatable bonds is 7. The van der Waals surface area contributed by atoms with Gasteiger partial charge in [0, 0.05) is 24.9 Å². The fraction of sp³-hybridized carbons (Fsp3) is 0.333. The molecule has 0 saturated heterocycles. The van der Waals surface area contributed by atoms with Crippen LogP contribution in [0.1, 0.15) is 60.3 Å². The van der Waals surface area contributed by atoms with E-state index in [-0.39, 0.29) is 22.9 Å². The number of carboxylic acids is 1. The standard InChI is InChI=1S/C30H31ClFNO4/c1-29(2,3)23-9-5-19(6-10-23)17-33(18-27(34)35)28(36)21-8-12-26-22(14-21)16-30(4,37-26)15-20-7-11-24(31)25(32)13-20/h5-14H,15-18H2,1-4H3,(H,34,35). The predicted molar refractivity (Wildman–Crippen MR) is 142 cm³/mol. The monoisotopic (exact) mass is 523 g/mol. The Balaban J connectivity index is 1.51. The fourth-order valence-electron chi connectivity index (χ4n) is 4.71. The lowest BCUT2D eigenvalue weighted by atomic mass is 9.87. The van der Waals surface area contributed by atoms with Gasteiger partial charge in [0.05, 0.1) is 5.02 Å².